The molecular weight excluding hydrogens is 268 g/mol. The Hall–Kier alpha value is -2.57. The summed E-state index contributed by atoms with van der Waals surface area (Å²) in [6, 6.07) is 3.05. The minimum atomic E-state index is -1.03. The van der Waals surface area contributed by atoms with Gasteiger partial charge in [-0.3, -0.25) is 14.6 Å². The molecule has 0 fully saturated rings. The number of rotatable bonds is 4. The third-order valence-electron chi connectivity index (χ3n) is 2.44. The highest BCUT2D eigenvalue weighted by atomic mass is 19.1. The van der Waals surface area contributed by atoms with E-state index in [4.69, 9.17) is 5.73 Å². The Morgan fingerprint density at radius 1 is 1.30 bits per heavy atom. The molecule has 5 nitrogen and oxygen atoms in total. The summed E-state index contributed by atoms with van der Waals surface area (Å²) >= 11 is 0. The van der Waals surface area contributed by atoms with Crippen LogP contribution in [-0.2, 0) is 4.79 Å². The highest BCUT2D eigenvalue weighted by molar-refractivity contribution is 6.45. The van der Waals surface area contributed by atoms with Gasteiger partial charge >= 0.3 is 0 Å². The molecule has 1 aromatic carbocycles. The molecule has 0 atom stereocenters. The van der Waals surface area contributed by atoms with Gasteiger partial charge in [0.25, 0.3) is 11.8 Å². The van der Waals surface area contributed by atoms with E-state index in [1.54, 1.807) is 0 Å². The summed E-state index contributed by atoms with van der Waals surface area (Å²) in [5.74, 6) is -3.91. The molecule has 0 aliphatic rings. The van der Waals surface area contributed by atoms with Crippen molar-refractivity contribution >= 4 is 17.5 Å². The zero-order valence-electron chi connectivity index (χ0n) is 10.9. The second-order valence-corrected chi connectivity index (χ2v) is 3.69. The molecule has 2 amide bonds. The number of nitrogens with one attached hydrogen (secondary N) is 1. The lowest BCUT2D eigenvalue weighted by Gasteiger charge is -2.10. The highest BCUT2D eigenvalue weighted by Gasteiger charge is 2.20. The van der Waals surface area contributed by atoms with Crippen LogP contribution >= 0.6 is 0 Å². The fourth-order valence-electron chi connectivity index (χ4n) is 1.53. The third-order valence-corrected chi connectivity index (χ3v) is 2.44. The van der Waals surface area contributed by atoms with Crippen molar-refractivity contribution in [3.8, 4) is 0 Å². The molecule has 0 saturated carbocycles. The van der Waals surface area contributed by atoms with Gasteiger partial charge in [-0.2, -0.15) is 0 Å². The van der Waals surface area contributed by atoms with E-state index in [1.165, 1.54) is 20.0 Å². The van der Waals surface area contributed by atoms with Gasteiger partial charge in [-0.05, 0) is 19.1 Å². The van der Waals surface area contributed by atoms with E-state index in [2.05, 4.69) is 10.3 Å². The maximum absolute atomic E-state index is 13.5. The van der Waals surface area contributed by atoms with E-state index in [1.807, 2.05) is 0 Å². The second-order valence-electron chi connectivity index (χ2n) is 3.69. The first kappa shape index (κ1) is 15.5. The zero-order valence-corrected chi connectivity index (χ0v) is 10.9. The monoisotopic (exact) mass is 281 g/mol. The first-order chi connectivity index (χ1) is 9.42. The number of carbonyl (C=O) groups is 2. The molecule has 1 aromatic rings. The maximum Gasteiger partial charge on any atom is 0.268 e. The van der Waals surface area contributed by atoms with E-state index < -0.39 is 29.0 Å². The molecule has 106 valence electrons. The van der Waals surface area contributed by atoms with Crippen LogP contribution < -0.4 is 11.1 Å². The molecule has 0 radical (unpaired) electrons. The van der Waals surface area contributed by atoms with Gasteiger partial charge in [0.1, 0.15) is 22.9 Å². The van der Waals surface area contributed by atoms with E-state index in [-0.39, 0.29) is 11.4 Å². The second kappa shape index (κ2) is 6.55. The molecule has 3 N–H and O–H groups in total. The maximum atomic E-state index is 13.5. The standard InChI is InChI=1S/C13H13F2N3O2/c1-3-9(11(17-2)12(16)19)18-13(20)10-7(14)5-4-6-8(10)15/h3-6H,1-2H3,(H2,16,19)(H,18,20)/b9-3+,17-11+. The first-order valence-electron chi connectivity index (χ1n) is 5.61. The van der Waals surface area contributed by atoms with E-state index in [0.29, 0.717) is 0 Å². The normalized spacial score (nSPS) is 12.2. The van der Waals surface area contributed by atoms with Crippen molar-refractivity contribution in [2.24, 2.45) is 10.7 Å². The van der Waals surface area contributed by atoms with Crippen LogP contribution in [0.4, 0.5) is 8.78 Å². The number of hydrogen-bond donors (Lipinski definition) is 2. The van der Waals surface area contributed by atoms with Crippen LogP contribution in [0.5, 0.6) is 0 Å². The Labute approximate surface area is 114 Å². The Balaban J connectivity index is 3.09. The molecule has 20 heavy (non-hydrogen) atoms. The van der Waals surface area contributed by atoms with Gasteiger partial charge in [0.15, 0.2) is 0 Å². The van der Waals surface area contributed by atoms with E-state index in [9.17, 15) is 18.4 Å². The number of benzene rings is 1. The van der Waals surface area contributed by atoms with Crippen molar-refractivity contribution in [1.29, 1.82) is 0 Å². The topological polar surface area (TPSA) is 84.6 Å². The Morgan fingerprint density at radius 3 is 2.25 bits per heavy atom. The summed E-state index contributed by atoms with van der Waals surface area (Å²) < 4.78 is 26.9. The Kier molecular flexibility index (Phi) is 5.08. The highest BCUT2D eigenvalue weighted by Crippen LogP contribution is 2.12. The summed E-state index contributed by atoms with van der Waals surface area (Å²) in [5, 5.41) is 2.21. The summed E-state index contributed by atoms with van der Waals surface area (Å²) in [6.45, 7) is 1.52. The van der Waals surface area contributed by atoms with Crippen molar-refractivity contribution in [2.45, 2.75) is 6.92 Å². The van der Waals surface area contributed by atoms with Gasteiger partial charge in [0, 0.05) is 7.05 Å². The molecule has 0 unspecified atom stereocenters. The molecule has 0 saturated heterocycles. The number of amides is 2. The van der Waals surface area contributed by atoms with Crippen molar-refractivity contribution in [3.63, 3.8) is 0 Å². The van der Waals surface area contributed by atoms with Crippen molar-refractivity contribution in [3.05, 3.63) is 47.2 Å². The van der Waals surface area contributed by atoms with Crippen LogP contribution in [0, 0.1) is 11.6 Å². The lowest BCUT2D eigenvalue weighted by atomic mass is 10.1. The number of hydrogen-bond acceptors (Lipinski definition) is 3. The molecule has 7 heteroatoms. The molecule has 0 aliphatic heterocycles. The number of aliphatic imine (C=N–C) groups is 1. The number of carbonyl (C=O) groups excluding carboxylic acids is 2. The number of allylic oxidation sites excluding steroid dienone is 1. The van der Waals surface area contributed by atoms with Gasteiger partial charge < -0.3 is 11.1 Å². The van der Waals surface area contributed by atoms with Crippen molar-refractivity contribution in [1.82, 2.24) is 5.32 Å². The van der Waals surface area contributed by atoms with Gasteiger partial charge in [0.2, 0.25) is 0 Å². The first-order valence-corrected chi connectivity index (χ1v) is 5.61. The fraction of sp³-hybridized carbons (Fsp3) is 0.154. The molecular formula is C13H13F2N3O2. The molecule has 0 spiro atoms. The van der Waals surface area contributed by atoms with Crippen LogP contribution in [0.2, 0.25) is 0 Å². The summed E-state index contributed by atoms with van der Waals surface area (Å²) in [4.78, 5) is 26.6. The van der Waals surface area contributed by atoms with Gasteiger partial charge in [0.05, 0.1) is 5.70 Å². The van der Waals surface area contributed by atoms with Crippen LogP contribution in [0.3, 0.4) is 0 Å². The molecule has 0 bridgehead atoms. The predicted molar refractivity (Wildman–Crippen MR) is 70.1 cm³/mol. The smallest absolute Gasteiger partial charge is 0.268 e. The van der Waals surface area contributed by atoms with Crippen molar-refractivity contribution < 1.29 is 18.4 Å². The van der Waals surface area contributed by atoms with Crippen LogP contribution in [0.1, 0.15) is 17.3 Å². The molecule has 0 heterocycles. The Bertz CT molecular complexity index is 589. The Morgan fingerprint density at radius 2 is 1.85 bits per heavy atom. The van der Waals surface area contributed by atoms with Crippen LogP contribution in [0.15, 0.2) is 35.0 Å². The lowest BCUT2D eigenvalue weighted by Crippen LogP contribution is -2.35. The SMILES string of the molecule is C/C=C(NC(=O)c1c(F)cccc1F)\C(=N/C)C(N)=O. The van der Waals surface area contributed by atoms with Gasteiger partial charge in [-0.15, -0.1) is 0 Å². The lowest BCUT2D eigenvalue weighted by molar-refractivity contribution is -0.111. The van der Waals surface area contributed by atoms with E-state index in [0.717, 1.165) is 18.2 Å². The fourth-order valence-corrected chi connectivity index (χ4v) is 1.53. The minimum absolute atomic E-state index is 0.0207. The van der Waals surface area contributed by atoms with Gasteiger partial charge in [-0.1, -0.05) is 12.1 Å². The van der Waals surface area contributed by atoms with E-state index >= 15 is 0 Å². The number of nitrogens with two attached hydrogens (primary N) is 1. The molecule has 0 aromatic heterocycles. The van der Waals surface area contributed by atoms with Crippen LogP contribution in [0.25, 0.3) is 0 Å². The van der Waals surface area contributed by atoms with Crippen molar-refractivity contribution in [2.75, 3.05) is 7.05 Å². The average molecular weight is 281 g/mol. The third kappa shape index (κ3) is 3.25. The summed E-state index contributed by atoms with van der Waals surface area (Å²) in [6.07, 6.45) is 1.35. The largest absolute Gasteiger partial charge is 0.364 e. The average Bonchev–Trinajstić information content (AvgIpc) is 2.37. The zero-order chi connectivity index (χ0) is 15.3. The summed E-state index contributed by atoms with van der Waals surface area (Å²) in [7, 11) is 1.30. The number of nitrogens with zero attached hydrogens (tertiary/aromatic N) is 1. The van der Waals surface area contributed by atoms with Crippen LogP contribution in [-0.4, -0.2) is 24.6 Å². The van der Waals surface area contributed by atoms with Gasteiger partial charge in [-0.25, -0.2) is 8.78 Å². The number of halogens is 2. The number of primary amides is 1. The summed E-state index contributed by atoms with van der Waals surface area (Å²) in [5.41, 5.74) is 4.13. The minimum Gasteiger partial charge on any atom is -0.364 e. The quantitative estimate of drug-likeness (QED) is 0.811. The molecule has 1 rings (SSSR count). The predicted octanol–water partition coefficient (Wildman–Crippen LogP) is 1.15. The molecule has 0 aliphatic carbocycles.